The molecular weight excluding hydrogens is 96.1 g/mol. The minimum absolute atomic E-state index is 0.125. The van der Waals surface area contributed by atoms with Crippen LogP contribution >= 0.6 is 0 Å². The molecule has 0 aliphatic rings. The summed E-state index contributed by atoms with van der Waals surface area (Å²) < 4.78 is 0. The Morgan fingerprint density at radius 2 is 1.33 bits per heavy atom. The quantitative estimate of drug-likeness (QED) is 0.396. The average molecular weight is 108 g/mol. The molecule has 2 N–H and O–H groups in total. The standard InChI is InChI=1S/C2H6O2.CH6Si/c3-1-2-4;1-2/h3-4H,1-2H2;1-2H3. The molecule has 40 valence electrons. The highest BCUT2D eigenvalue weighted by molar-refractivity contribution is 6.05. The largest absolute Gasteiger partial charge is 0.394 e. The van der Waals surface area contributed by atoms with Gasteiger partial charge < -0.3 is 10.2 Å². The smallest absolute Gasteiger partial charge is 0.0662 e. The summed E-state index contributed by atoms with van der Waals surface area (Å²) >= 11 is 0. The fourth-order valence-corrected chi connectivity index (χ4v) is 0. The van der Waals surface area contributed by atoms with Crippen molar-refractivity contribution in [1.82, 2.24) is 0 Å². The van der Waals surface area contributed by atoms with Gasteiger partial charge >= 0.3 is 0 Å². The monoisotopic (exact) mass is 108 g/mol. The van der Waals surface area contributed by atoms with E-state index in [0.717, 1.165) is 0 Å². The highest BCUT2D eigenvalue weighted by Gasteiger charge is 1.58. The third-order valence-electron chi connectivity index (χ3n) is 0.1000. The molecule has 3 heteroatoms. The second kappa shape index (κ2) is 19.3. The molecule has 0 unspecified atom stereocenters. The molecule has 0 saturated carbocycles. The zero-order valence-electron chi connectivity index (χ0n) is 4.31. The molecule has 0 radical (unpaired) electrons. The van der Waals surface area contributed by atoms with Gasteiger partial charge in [0.05, 0.1) is 13.2 Å². The fraction of sp³-hybridized carbons (Fsp3) is 1.00. The second-order valence-corrected chi connectivity index (χ2v) is 0.447. The van der Waals surface area contributed by atoms with Crippen LogP contribution in [0.3, 0.4) is 0 Å². The second-order valence-electron chi connectivity index (χ2n) is 0.447. The summed E-state index contributed by atoms with van der Waals surface area (Å²) in [6.07, 6.45) is 0. The summed E-state index contributed by atoms with van der Waals surface area (Å²) in [7, 11) is 1.31. The highest BCUT2D eigenvalue weighted by Crippen LogP contribution is 1.39. The lowest BCUT2D eigenvalue weighted by molar-refractivity contribution is 0.186. The van der Waals surface area contributed by atoms with Crippen LogP contribution in [0.1, 0.15) is 0 Å². The molecule has 0 rings (SSSR count). The van der Waals surface area contributed by atoms with Crippen LogP contribution in [0.4, 0.5) is 0 Å². The molecule has 0 fully saturated rings. The van der Waals surface area contributed by atoms with Crippen molar-refractivity contribution in [2.24, 2.45) is 0 Å². The molecule has 6 heavy (non-hydrogen) atoms. The molecule has 0 bridgehead atoms. The summed E-state index contributed by atoms with van der Waals surface area (Å²) in [4.78, 5) is 0. The Bertz CT molecular complexity index is 10.8. The molecule has 0 heterocycles. The van der Waals surface area contributed by atoms with Gasteiger partial charge in [-0.15, -0.1) is 0 Å². The van der Waals surface area contributed by atoms with Crippen molar-refractivity contribution in [2.75, 3.05) is 13.2 Å². The van der Waals surface area contributed by atoms with Gasteiger partial charge in [-0.05, 0) is 10.2 Å². The van der Waals surface area contributed by atoms with Gasteiger partial charge in [-0.2, -0.15) is 0 Å². The summed E-state index contributed by atoms with van der Waals surface area (Å²) in [5.74, 6) is 0. The molecule has 0 aliphatic carbocycles. The van der Waals surface area contributed by atoms with Gasteiger partial charge in [0, 0.05) is 0 Å². The van der Waals surface area contributed by atoms with Gasteiger partial charge in [-0.25, -0.2) is 0 Å². The van der Waals surface area contributed by atoms with E-state index in [2.05, 4.69) is 6.55 Å². The first-order chi connectivity index (χ1) is 2.91. The Morgan fingerprint density at radius 3 is 1.33 bits per heavy atom. The zero-order valence-corrected chi connectivity index (χ0v) is 6.31. The van der Waals surface area contributed by atoms with Crippen molar-refractivity contribution >= 4 is 10.2 Å². The molecule has 0 aliphatic heterocycles. The van der Waals surface area contributed by atoms with Crippen LogP contribution < -0.4 is 0 Å². The third-order valence-corrected chi connectivity index (χ3v) is 0.1000. The first-order valence-electron chi connectivity index (χ1n) is 2.13. The Labute approximate surface area is 41.2 Å². The summed E-state index contributed by atoms with van der Waals surface area (Å²) in [6, 6.07) is 0. The van der Waals surface area contributed by atoms with E-state index in [1.165, 1.54) is 10.2 Å². The van der Waals surface area contributed by atoms with Gasteiger partial charge in [0.2, 0.25) is 0 Å². The van der Waals surface area contributed by atoms with Crippen LogP contribution in [0.5, 0.6) is 0 Å². The maximum absolute atomic E-state index is 7.62. The van der Waals surface area contributed by atoms with Gasteiger partial charge in [0.15, 0.2) is 0 Å². The summed E-state index contributed by atoms with van der Waals surface area (Å²) in [6.45, 7) is 1.89. The summed E-state index contributed by atoms with van der Waals surface area (Å²) in [5.41, 5.74) is 0. The van der Waals surface area contributed by atoms with Crippen molar-refractivity contribution in [1.29, 1.82) is 0 Å². The van der Waals surface area contributed by atoms with Crippen LogP contribution in [0, 0.1) is 0 Å². The molecule has 0 aromatic rings. The van der Waals surface area contributed by atoms with Gasteiger partial charge in [0.25, 0.3) is 0 Å². The lowest BCUT2D eigenvalue weighted by atomic mass is 10.8. The SMILES string of the molecule is C[SiH3].OCCO. The van der Waals surface area contributed by atoms with Gasteiger partial charge in [-0.1, -0.05) is 6.55 Å². The predicted octanol–water partition coefficient (Wildman–Crippen LogP) is -1.63. The highest BCUT2D eigenvalue weighted by atomic mass is 28.1. The Kier molecular flexibility index (Phi) is 30.4. The van der Waals surface area contributed by atoms with E-state index in [0.29, 0.717) is 0 Å². The molecule has 0 saturated heterocycles. The Hall–Kier alpha value is 0.137. The molecule has 0 atom stereocenters. The lowest BCUT2D eigenvalue weighted by Gasteiger charge is -1.70. The maximum Gasteiger partial charge on any atom is 0.0662 e. The molecule has 2 nitrogen and oxygen atoms in total. The van der Waals surface area contributed by atoms with Crippen molar-refractivity contribution in [3.63, 3.8) is 0 Å². The van der Waals surface area contributed by atoms with Gasteiger partial charge in [0.1, 0.15) is 0 Å². The topological polar surface area (TPSA) is 40.5 Å². The van der Waals surface area contributed by atoms with E-state index in [1.54, 1.807) is 0 Å². The average Bonchev–Trinajstić information content (AvgIpc) is 1.72. The first-order valence-corrected chi connectivity index (χ1v) is 4.13. The van der Waals surface area contributed by atoms with Crippen LogP contribution in [0.25, 0.3) is 0 Å². The normalized spacial score (nSPS) is 6.50. The lowest BCUT2D eigenvalue weighted by Crippen LogP contribution is -1.85. The maximum atomic E-state index is 7.62. The number of hydrogen-bond donors (Lipinski definition) is 2. The minimum Gasteiger partial charge on any atom is -0.394 e. The van der Waals surface area contributed by atoms with E-state index in [4.69, 9.17) is 10.2 Å². The van der Waals surface area contributed by atoms with Crippen molar-refractivity contribution in [2.45, 2.75) is 6.55 Å². The van der Waals surface area contributed by atoms with Crippen LogP contribution in [0.15, 0.2) is 0 Å². The minimum atomic E-state index is -0.125. The Morgan fingerprint density at radius 1 is 1.17 bits per heavy atom. The van der Waals surface area contributed by atoms with E-state index >= 15 is 0 Å². The van der Waals surface area contributed by atoms with Crippen LogP contribution in [-0.4, -0.2) is 33.7 Å². The van der Waals surface area contributed by atoms with Crippen molar-refractivity contribution in [3.8, 4) is 0 Å². The number of aliphatic hydroxyl groups excluding tert-OH is 2. The Balaban J connectivity index is 0. The summed E-state index contributed by atoms with van der Waals surface area (Å²) in [5, 5.41) is 15.2. The molecule has 0 aromatic heterocycles. The number of aliphatic hydroxyl groups is 2. The van der Waals surface area contributed by atoms with E-state index in [-0.39, 0.29) is 13.2 Å². The molecule has 0 aromatic carbocycles. The molecular formula is C3H12O2Si. The van der Waals surface area contributed by atoms with E-state index in [1.807, 2.05) is 0 Å². The zero-order chi connectivity index (χ0) is 5.41. The van der Waals surface area contributed by atoms with Crippen LogP contribution in [0.2, 0.25) is 6.55 Å². The van der Waals surface area contributed by atoms with E-state index in [9.17, 15) is 0 Å². The fourth-order valence-electron chi connectivity index (χ4n) is 0. The van der Waals surface area contributed by atoms with E-state index < -0.39 is 0 Å². The van der Waals surface area contributed by atoms with Crippen molar-refractivity contribution in [3.05, 3.63) is 0 Å². The number of hydrogen-bond acceptors (Lipinski definition) is 2. The van der Waals surface area contributed by atoms with Crippen LogP contribution in [-0.2, 0) is 0 Å². The van der Waals surface area contributed by atoms with Gasteiger partial charge in [-0.3, -0.25) is 0 Å². The molecule has 0 spiro atoms. The van der Waals surface area contributed by atoms with Crippen molar-refractivity contribution < 1.29 is 10.2 Å². The predicted molar refractivity (Wildman–Crippen MR) is 30.0 cm³/mol. The third kappa shape index (κ3) is 31.5. The molecule has 0 amide bonds. The first kappa shape index (κ1) is 9.46. The number of rotatable bonds is 1.